The van der Waals surface area contributed by atoms with Gasteiger partial charge in [-0.3, -0.25) is 0 Å². The van der Waals surface area contributed by atoms with Crippen molar-refractivity contribution in [3.63, 3.8) is 0 Å². The van der Waals surface area contributed by atoms with Gasteiger partial charge in [0.25, 0.3) is 0 Å². The summed E-state index contributed by atoms with van der Waals surface area (Å²) in [6.45, 7) is 6.48. The largest absolute Gasteiger partial charge is 0.462 e. The van der Waals surface area contributed by atoms with Crippen molar-refractivity contribution < 1.29 is 9.53 Å². The third-order valence-corrected chi connectivity index (χ3v) is 4.16. The summed E-state index contributed by atoms with van der Waals surface area (Å²) < 4.78 is 4.99. The Labute approximate surface area is 165 Å². The molecule has 0 unspecified atom stereocenters. The Morgan fingerprint density at radius 2 is 1.61 bits per heavy atom. The molecule has 0 amide bonds. The number of ether oxygens (including phenoxy) is 1. The Hall–Kier alpha value is -3.41. The van der Waals surface area contributed by atoms with Crippen LogP contribution in [-0.2, 0) is 4.74 Å². The van der Waals surface area contributed by atoms with Crippen LogP contribution in [0.5, 0.6) is 0 Å². The van der Waals surface area contributed by atoms with Crippen LogP contribution < -0.4 is 10.6 Å². The summed E-state index contributed by atoms with van der Waals surface area (Å²) in [7, 11) is 0. The van der Waals surface area contributed by atoms with Crippen molar-refractivity contribution >= 4 is 29.1 Å². The van der Waals surface area contributed by atoms with Crippen molar-refractivity contribution in [3.05, 3.63) is 71.9 Å². The summed E-state index contributed by atoms with van der Waals surface area (Å²) in [5.74, 6) is 1.32. The molecule has 1 aromatic heterocycles. The standard InChI is InChI=1S/C22H24N4O2/c1-4-28-21(27)17-7-11-19(12-8-17)25-22-23-14-13-20(26-22)24-18-9-5-16(6-10-18)15(2)3/h5-15H,4H2,1-3H3,(H2,23,24,25,26). The fourth-order valence-corrected chi connectivity index (χ4v) is 2.62. The van der Waals surface area contributed by atoms with E-state index in [0.29, 0.717) is 29.9 Å². The van der Waals surface area contributed by atoms with Gasteiger partial charge in [0.2, 0.25) is 5.95 Å². The van der Waals surface area contributed by atoms with E-state index in [1.54, 1.807) is 37.4 Å². The van der Waals surface area contributed by atoms with Crippen LogP contribution in [-0.4, -0.2) is 22.5 Å². The zero-order chi connectivity index (χ0) is 19.9. The van der Waals surface area contributed by atoms with Gasteiger partial charge in [0.1, 0.15) is 5.82 Å². The maximum Gasteiger partial charge on any atom is 0.338 e. The zero-order valence-electron chi connectivity index (χ0n) is 16.3. The Bertz CT molecular complexity index is 922. The zero-order valence-corrected chi connectivity index (χ0v) is 16.3. The highest BCUT2D eigenvalue weighted by Crippen LogP contribution is 2.21. The van der Waals surface area contributed by atoms with Crippen LogP contribution in [0.1, 0.15) is 42.6 Å². The molecule has 144 valence electrons. The number of aromatic nitrogens is 2. The first kappa shape index (κ1) is 19.4. The van der Waals surface area contributed by atoms with Crippen LogP contribution in [0.4, 0.5) is 23.1 Å². The lowest BCUT2D eigenvalue weighted by atomic mass is 10.0. The number of nitrogens with one attached hydrogen (secondary N) is 2. The van der Waals surface area contributed by atoms with Gasteiger partial charge in [0, 0.05) is 17.6 Å². The van der Waals surface area contributed by atoms with E-state index < -0.39 is 0 Å². The molecule has 6 heteroatoms. The van der Waals surface area contributed by atoms with Gasteiger partial charge in [-0.25, -0.2) is 9.78 Å². The normalized spacial score (nSPS) is 10.6. The van der Waals surface area contributed by atoms with Gasteiger partial charge < -0.3 is 15.4 Å². The molecule has 0 saturated heterocycles. The van der Waals surface area contributed by atoms with Crippen molar-refractivity contribution in [3.8, 4) is 0 Å². The first-order valence-corrected chi connectivity index (χ1v) is 9.29. The van der Waals surface area contributed by atoms with Crippen LogP contribution in [0.15, 0.2) is 60.8 Å². The molecule has 0 aliphatic rings. The highest BCUT2D eigenvalue weighted by molar-refractivity contribution is 5.89. The first-order chi connectivity index (χ1) is 13.5. The second-order valence-corrected chi connectivity index (χ2v) is 6.59. The lowest BCUT2D eigenvalue weighted by Gasteiger charge is -2.10. The van der Waals surface area contributed by atoms with Gasteiger partial charge >= 0.3 is 5.97 Å². The summed E-state index contributed by atoms with van der Waals surface area (Å²) in [6.07, 6.45) is 1.69. The van der Waals surface area contributed by atoms with E-state index in [1.165, 1.54) is 5.56 Å². The molecular formula is C22H24N4O2. The maximum atomic E-state index is 11.7. The van der Waals surface area contributed by atoms with Gasteiger partial charge in [-0.15, -0.1) is 0 Å². The Morgan fingerprint density at radius 3 is 2.25 bits per heavy atom. The molecule has 0 aliphatic heterocycles. The van der Waals surface area contributed by atoms with E-state index in [0.717, 1.165) is 11.4 Å². The number of anilines is 4. The van der Waals surface area contributed by atoms with E-state index in [9.17, 15) is 4.79 Å². The van der Waals surface area contributed by atoms with Crippen LogP contribution in [0.25, 0.3) is 0 Å². The van der Waals surface area contributed by atoms with Crippen LogP contribution >= 0.6 is 0 Å². The molecule has 0 radical (unpaired) electrons. The number of hydrogen-bond acceptors (Lipinski definition) is 6. The second-order valence-electron chi connectivity index (χ2n) is 6.59. The van der Waals surface area contributed by atoms with Gasteiger partial charge in [-0.1, -0.05) is 26.0 Å². The van der Waals surface area contributed by atoms with E-state index in [4.69, 9.17) is 4.74 Å². The molecule has 1 heterocycles. The monoisotopic (exact) mass is 376 g/mol. The molecule has 3 rings (SSSR count). The van der Waals surface area contributed by atoms with Crippen molar-refractivity contribution in [2.75, 3.05) is 17.2 Å². The topological polar surface area (TPSA) is 76.1 Å². The third kappa shape index (κ3) is 5.07. The van der Waals surface area contributed by atoms with Crippen molar-refractivity contribution in [1.82, 2.24) is 9.97 Å². The molecule has 0 spiro atoms. The summed E-state index contributed by atoms with van der Waals surface area (Å²) in [5.41, 5.74) is 3.55. The van der Waals surface area contributed by atoms with Crippen molar-refractivity contribution in [2.45, 2.75) is 26.7 Å². The number of benzene rings is 2. The summed E-state index contributed by atoms with van der Waals surface area (Å²) in [5, 5.41) is 6.42. The number of carbonyl (C=O) groups is 1. The molecule has 2 aromatic carbocycles. The fourth-order valence-electron chi connectivity index (χ4n) is 2.62. The lowest BCUT2D eigenvalue weighted by Crippen LogP contribution is -2.05. The Morgan fingerprint density at radius 1 is 0.964 bits per heavy atom. The van der Waals surface area contributed by atoms with Crippen LogP contribution in [0.2, 0.25) is 0 Å². The van der Waals surface area contributed by atoms with E-state index in [2.05, 4.69) is 46.6 Å². The molecule has 3 aromatic rings. The van der Waals surface area contributed by atoms with E-state index in [1.807, 2.05) is 18.2 Å². The van der Waals surface area contributed by atoms with Crippen molar-refractivity contribution in [2.24, 2.45) is 0 Å². The number of hydrogen-bond donors (Lipinski definition) is 2. The molecule has 2 N–H and O–H groups in total. The van der Waals surface area contributed by atoms with Crippen LogP contribution in [0.3, 0.4) is 0 Å². The molecule has 0 bridgehead atoms. The number of esters is 1. The molecule has 0 saturated carbocycles. The van der Waals surface area contributed by atoms with Gasteiger partial charge in [0.05, 0.1) is 12.2 Å². The summed E-state index contributed by atoms with van der Waals surface area (Å²) in [6, 6.07) is 17.1. The smallest absolute Gasteiger partial charge is 0.338 e. The quantitative estimate of drug-likeness (QED) is 0.548. The number of nitrogens with zero attached hydrogens (tertiary/aromatic N) is 2. The Kier molecular flexibility index (Phi) is 6.22. The molecule has 6 nitrogen and oxygen atoms in total. The average Bonchev–Trinajstić information content (AvgIpc) is 2.69. The molecular weight excluding hydrogens is 352 g/mol. The predicted octanol–water partition coefficient (Wildman–Crippen LogP) is 5.26. The SMILES string of the molecule is CCOC(=O)c1ccc(Nc2nccc(Nc3ccc(C(C)C)cc3)n2)cc1. The molecule has 0 fully saturated rings. The van der Waals surface area contributed by atoms with E-state index in [-0.39, 0.29) is 5.97 Å². The average molecular weight is 376 g/mol. The number of rotatable bonds is 7. The fraction of sp³-hybridized carbons (Fsp3) is 0.227. The third-order valence-electron chi connectivity index (χ3n) is 4.16. The van der Waals surface area contributed by atoms with E-state index >= 15 is 0 Å². The van der Waals surface area contributed by atoms with Gasteiger partial charge in [0.15, 0.2) is 0 Å². The molecule has 0 atom stereocenters. The van der Waals surface area contributed by atoms with Crippen molar-refractivity contribution in [1.29, 1.82) is 0 Å². The second kappa shape index (κ2) is 8.99. The minimum absolute atomic E-state index is 0.333. The summed E-state index contributed by atoms with van der Waals surface area (Å²) in [4.78, 5) is 20.4. The first-order valence-electron chi connectivity index (χ1n) is 9.29. The minimum Gasteiger partial charge on any atom is -0.462 e. The maximum absolute atomic E-state index is 11.7. The number of carbonyl (C=O) groups excluding carboxylic acids is 1. The van der Waals surface area contributed by atoms with Gasteiger partial charge in [-0.2, -0.15) is 4.98 Å². The molecule has 0 aliphatic carbocycles. The van der Waals surface area contributed by atoms with Crippen LogP contribution in [0, 0.1) is 0 Å². The highest BCUT2D eigenvalue weighted by atomic mass is 16.5. The summed E-state index contributed by atoms with van der Waals surface area (Å²) >= 11 is 0. The van der Waals surface area contributed by atoms with Gasteiger partial charge in [-0.05, 0) is 60.9 Å². The lowest BCUT2D eigenvalue weighted by molar-refractivity contribution is 0.0526. The predicted molar refractivity (Wildman–Crippen MR) is 112 cm³/mol. The molecule has 28 heavy (non-hydrogen) atoms. The minimum atomic E-state index is -0.333. The highest BCUT2D eigenvalue weighted by Gasteiger charge is 2.07. The Balaban J connectivity index is 1.67.